The molecule has 2 unspecified atom stereocenters. The number of hydrogen-bond donors (Lipinski definition) is 2. The van der Waals surface area contributed by atoms with Crippen LogP contribution in [0.15, 0.2) is 24.3 Å². The molecule has 2 atom stereocenters. The first-order valence-electron chi connectivity index (χ1n) is 8.66. The van der Waals surface area contributed by atoms with E-state index in [9.17, 15) is 4.79 Å². The van der Waals surface area contributed by atoms with Gasteiger partial charge in [-0.2, -0.15) is 0 Å². The Kier molecular flexibility index (Phi) is 4.53. The summed E-state index contributed by atoms with van der Waals surface area (Å²) in [6, 6.07) is 8.79. The molecular weight excluding hydrogens is 272 g/mol. The van der Waals surface area contributed by atoms with E-state index < -0.39 is 0 Å². The summed E-state index contributed by atoms with van der Waals surface area (Å²) in [5, 5.41) is 6.65. The number of hydrogen-bond acceptors (Lipinski definition) is 2. The van der Waals surface area contributed by atoms with Gasteiger partial charge in [0, 0.05) is 6.42 Å². The molecule has 1 aromatic rings. The summed E-state index contributed by atoms with van der Waals surface area (Å²) < 4.78 is 0. The van der Waals surface area contributed by atoms with Crippen molar-refractivity contribution in [2.75, 3.05) is 13.1 Å². The van der Waals surface area contributed by atoms with Crippen molar-refractivity contribution < 1.29 is 4.79 Å². The molecule has 2 N–H and O–H groups in total. The maximum atomic E-state index is 12.3. The van der Waals surface area contributed by atoms with E-state index in [0.717, 1.165) is 32.4 Å². The van der Waals surface area contributed by atoms with Crippen LogP contribution < -0.4 is 10.6 Å². The lowest BCUT2D eigenvalue weighted by Gasteiger charge is -2.37. The minimum absolute atomic E-state index is 0.193. The molecule has 0 bridgehead atoms. The second-order valence-corrected chi connectivity index (χ2v) is 7.53. The number of fused-ring (bicyclic) bond motifs is 1. The second-order valence-electron chi connectivity index (χ2n) is 7.53. The van der Waals surface area contributed by atoms with Crippen LogP contribution in [-0.4, -0.2) is 19.0 Å². The number of nitrogens with one attached hydrogen (secondary N) is 2. The third-order valence-electron chi connectivity index (χ3n) is 5.40. The van der Waals surface area contributed by atoms with Crippen LogP contribution in [0.3, 0.4) is 0 Å². The monoisotopic (exact) mass is 300 g/mol. The summed E-state index contributed by atoms with van der Waals surface area (Å²) in [4.78, 5) is 12.3. The Balaban J connectivity index is 1.61. The summed E-state index contributed by atoms with van der Waals surface area (Å²) in [6.45, 7) is 6.79. The van der Waals surface area contributed by atoms with Crippen LogP contribution in [0.5, 0.6) is 0 Å². The van der Waals surface area contributed by atoms with Gasteiger partial charge in [-0.1, -0.05) is 38.1 Å². The lowest BCUT2D eigenvalue weighted by Crippen LogP contribution is -2.35. The Bertz CT molecular complexity index is 532. The van der Waals surface area contributed by atoms with Gasteiger partial charge in [0.15, 0.2) is 0 Å². The van der Waals surface area contributed by atoms with Crippen LogP contribution in [0.25, 0.3) is 0 Å². The van der Waals surface area contributed by atoms with Crippen molar-refractivity contribution >= 4 is 5.91 Å². The molecule has 1 amide bonds. The van der Waals surface area contributed by atoms with E-state index in [1.54, 1.807) is 0 Å². The third kappa shape index (κ3) is 3.35. The molecule has 1 aliphatic carbocycles. The molecule has 1 aliphatic heterocycles. The maximum Gasteiger partial charge on any atom is 0.220 e. The van der Waals surface area contributed by atoms with Crippen LogP contribution in [0, 0.1) is 5.92 Å². The molecule has 1 fully saturated rings. The maximum absolute atomic E-state index is 12.3. The average Bonchev–Trinajstić information content (AvgIpc) is 3.02. The molecule has 120 valence electrons. The first-order chi connectivity index (χ1) is 10.6. The van der Waals surface area contributed by atoms with E-state index in [4.69, 9.17) is 0 Å². The van der Waals surface area contributed by atoms with Crippen LogP contribution >= 0.6 is 0 Å². The number of carbonyl (C=O) groups is 1. The van der Waals surface area contributed by atoms with E-state index in [1.165, 1.54) is 17.5 Å². The van der Waals surface area contributed by atoms with Gasteiger partial charge >= 0.3 is 0 Å². The van der Waals surface area contributed by atoms with Gasteiger partial charge in [0.05, 0.1) is 6.04 Å². The third-order valence-corrected chi connectivity index (χ3v) is 5.40. The molecule has 3 heteroatoms. The van der Waals surface area contributed by atoms with Gasteiger partial charge in [-0.3, -0.25) is 4.79 Å². The fraction of sp³-hybridized carbons (Fsp3) is 0.632. The smallest absolute Gasteiger partial charge is 0.220 e. The summed E-state index contributed by atoms with van der Waals surface area (Å²) in [6.07, 6.45) is 5.06. The van der Waals surface area contributed by atoms with Crippen LogP contribution in [-0.2, 0) is 10.2 Å². The van der Waals surface area contributed by atoms with Gasteiger partial charge < -0.3 is 10.6 Å². The van der Waals surface area contributed by atoms with E-state index in [2.05, 4.69) is 48.7 Å². The fourth-order valence-electron chi connectivity index (χ4n) is 3.93. The van der Waals surface area contributed by atoms with Crippen molar-refractivity contribution in [3.8, 4) is 0 Å². The predicted molar refractivity (Wildman–Crippen MR) is 89.8 cm³/mol. The molecule has 0 radical (unpaired) electrons. The standard InChI is InChI=1S/C19H28N2O/c1-19(2)11-9-17(15-5-3-4-6-16(15)19)21-18(22)8-7-14-10-12-20-13-14/h3-6,14,17,20H,7-13H2,1-2H3,(H,21,22). The topological polar surface area (TPSA) is 41.1 Å². The zero-order valence-corrected chi connectivity index (χ0v) is 13.8. The molecule has 1 heterocycles. The van der Waals surface area contributed by atoms with Gasteiger partial charge in [-0.05, 0) is 61.2 Å². The summed E-state index contributed by atoms with van der Waals surface area (Å²) in [7, 11) is 0. The molecule has 1 aromatic carbocycles. The second kappa shape index (κ2) is 6.41. The van der Waals surface area contributed by atoms with Gasteiger partial charge in [0.25, 0.3) is 0 Å². The zero-order valence-electron chi connectivity index (χ0n) is 13.8. The molecular formula is C19H28N2O. The molecule has 0 spiro atoms. The summed E-state index contributed by atoms with van der Waals surface area (Å²) in [5.41, 5.74) is 2.93. The fourth-order valence-corrected chi connectivity index (χ4v) is 3.93. The quantitative estimate of drug-likeness (QED) is 0.896. The summed E-state index contributed by atoms with van der Waals surface area (Å²) >= 11 is 0. The Hall–Kier alpha value is -1.35. The number of benzene rings is 1. The van der Waals surface area contributed by atoms with E-state index in [0.29, 0.717) is 12.3 Å². The lowest BCUT2D eigenvalue weighted by atomic mass is 9.71. The SMILES string of the molecule is CC1(C)CCC(NC(=O)CCC2CCNC2)c2ccccc21. The zero-order chi connectivity index (χ0) is 15.6. The molecule has 22 heavy (non-hydrogen) atoms. The van der Waals surface area contributed by atoms with Crippen molar-refractivity contribution in [3.05, 3.63) is 35.4 Å². The largest absolute Gasteiger partial charge is 0.349 e. The normalized spacial score (nSPS) is 26.5. The minimum atomic E-state index is 0.193. The highest BCUT2D eigenvalue weighted by atomic mass is 16.1. The minimum Gasteiger partial charge on any atom is -0.349 e. The Morgan fingerprint density at radius 1 is 1.32 bits per heavy atom. The predicted octanol–water partition coefficient (Wildman–Crippen LogP) is 3.31. The van der Waals surface area contributed by atoms with Gasteiger partial charge in [0.2, 0.25) is 5.91 Å². The van der Waals surface area contributed by atoms with Crippen molar-refractivity contribution in [1.82, 2.24) is 10.6 Å². The van der Waals surface area contributed by atoms with Gasteiger partial charge in [-0.25, -0.2) is 0 Å². The first-order valence-corrected chi connectivity index (χ1v) is 8.66. The van der Waals surface area contributed by atoms with Crippen molar-refractivity contribution in [1.29, 1.82) is 0 Å². The Morgan fingerprint density at radius 3 is 2.91 bits per heavy atom. The Labute approximate surface area is 133 Å². The first kappa shape index (κ1) is 15.5. The van der Waals surface area contributed by atoms with E-state index in [-0.39, 0.29) is 17.4 Å². The van der Waals surface area contributed by atoms with Crippen molar-refractivity contribution in [2.24, 2.45) is 5.92 Å². The average molecular weight is 300 g/mol. The number of amides is 1. The Morgan fingerprint density at radius 2 is 2.14 bits per heavy atom. The highest BCUT2D eigenvalue weighted by Gasteiger charge is 2.32. The van der Waals surface area contributed by atoms with E-state index >= 15 is 0 Å². The van der Waals surface area contributed by atoms with Crippen LogP contribution in [0.4, 0.5) is 0 Å². The number of carbonyl (C=O) groups excluding carboxylic acids is 1. The number of rotatable bonds is 4. The molecule has 3 nitrogen and oxygen atoms in total. The molecule has 1 saturated heterocycles. The summed E-state index contributed by atoms with van der Waals surface area (Å²) in [5.74, 6) is 0.898. The van der Waals surface area contributed by atoms with Gasteiger partial charge in [-0.15, -0.1) is 0 Å². The van der Waals surface area contributed by atoms with E-state index in [1.807, 2.05) is 0 Å². The molecule has 0 aromatic heterocycles. The molecule has 0 saturated carbocycles. The molecule has 3 rings (SSSR count). The van der Waals surface area contributed by atoms with Crippen molar-refractivity contribution in [3.63, 3.8) is 0 Å². The van der Waals surface area contributed by atoms with Crippen molar-refractivity contribution in [2.45, 2.75) is 57.4 Å². The molecule has 2 aliphatic rings. The van der Waals surface area contributed by atoms with Crippen LogP contribution in [0.2, 0.25) is 0 Å². The van der Waals surface area contributed by atoms with Crippen LogP contribution in [0.1, 0.15) is 63.1 Å². The van der Waals surface area contributed by atoms with Gasteiger partial charge in [0.1, 0.15) is 0 Å². The lowest BCUT2D eigenvalue weighted by molar-refractivity contribution is -0.122. The highest BCUT2D eigenvalue weighted by molar-refractivity contribution is 5.76. The highest BCUT2D eigenvalue weighted by Crippen LogP contribution is 2.41.